The summed E-state index contributed by atoms with van der Waals surface area (Å²) in [6.45, 7) is 3.55. The zero-order chi connectivity index (χ0) is 15.0. The number of anilines is 1. The van der Waals surface area contributed by atoms with Crippen LogP contribution in [0, 0.1) is 6.92 Å². The first-order valence-electron chi connectivity index (χ1n) is 6.43. The number of nitrogens with zero attached hydrogens (tertiary/aromatic N) is 3. The van der Waals surface area contributed by atoms with E-state index in [2.05, 4.69) is 15.4 Å². The van der Waals surface area contributed by atoms with E-state index in [1.165, 1.54) is 17.5 Å². The summed E-state index contributed by atoms with van der Waals surface area (Å²) in [5.41, 5.74) is 2.43. The van der Waals surface area contributed by atoms with Crippen LogP contribution in [0.5, 0.6) is 0 Å². The number of thiophene rings is 1. The second kappa shape index (κ2) is 5.27. The largest absolute Gasteiger partial charge is 0.388 e. The summed E-state index contributed by atoms with van der Waals surface area (Å²) in [7, 11) is 0. The number of aryl methyl sites for hydroxylation is 1. The van der Waals surface area contributed by atoms with Gasteiger partial charge in [0, 0.05) is 22.1 Å². The highest BCUT2D eigenvalue weighted by atomic mass is 32.1. The molecule has 0 fully saturated rings. The third-order valence-corrected chi connectivity index (χ3v) is 4.15. The summed E-state index contributed by atoms with van der Waals surface area (Å²) in [6.07, 6.45) is 2.73. The predicted molar refractivity (Wildman–Crippen MR) is 80.6 cm³/mol. The fourth-order valence-electron chi connectivity index (χ4n) is 1.96. The van der Waals surface area contributed by atoms with Gasteiger partial charge >= 0.3 is 0 Å². The van der Waals surface area contributed by atoms with Gasteiger partial charge in [-0.15, -0.1) is 11.3 Å². The van der Waals surface area contributed by atoms with Crippen LogP contribution in [0.15, 0.2) is 29.9 Å². The Balaban J connectivity index is 1.88. The Morgan fingerprint density at radius 1 is 1.52 bits per heavy atom. The number of aliphatic hydroxyl groups excluding tert-OH is 1. The number of fused-ring (bicyclic) bond motifs is 1. The molecule has 1 amide bonds. The van der Waals surface area contributed by atoms with Crippen LogP contribution in [-0.2, 0) is 0 Å². The summed E-state index contributed by atoms with van der Waals surface area (Å²) in [6, 6.07) is 3.59. The lowest BCUT2D eigenvalue weighted by atomic mass is 10.3. The minimum absolute atomic E-state index is 0.266. The highest BCUT2D eigenvalue weighted by molar-refractivity contribution is 7.10. The summed E-state index contributed by atoms with van der Waals surface area (Å²) in [4.78, 5) is 17.5. The van der Waals surface area contributed by atoms with Crippen molar-refractivity contribution in [2.24, 2.45) is 0 Å². The Morgan fingerprint density at radius 3 is 3.05 bits per heavy atom. The minimum Gasteiger partial charge on any atom is -0.388 e. The molecule has 0 radical (unpaired) electrons. The lowest BCUT2D eigenvalue weighted by Crippen LogP contribution is -2.11. The second-order valence-corrected chi connectivity index (χ2v) is 5.71. The molecule has 108 valence electrons. The molecule has 0 aliphatic rings. The number of nitrogens with one attached hydrogen (secondary N) is 1. The standard InChI is InChI=1S/C14H14N4O2S/c1-8-3-4-18-13(16-8)11(6-15-18)14(20)17-10-5-12(9(2)19)21-7-10/h3-7,9,19H,1-2H3,(H,17,20). The van der Waals surface area contributed by atoms with Crippen molar-refractivity contribution in [3.63, 3.8) is 0 Å². The first kappa shape index (κ1) is 13.7. The van der Waals surface area contributed by atoms with Gasteiger partial charge in [0.15, 0.2) is 5.65 Å². The molecule has 6 nitrogen and oxygen atoms in total. The van der Waals surface area contributed by atoms with Crippen LogP contribution in [0.3, 0.4) is 0 Å². The van der Waals surface area contributed by atoms with Crippen molar-refractivity contribution >= 4 is 28.6 Å². The fourth-order valence-corrected chi connectivity index (χ4v) is 2.74. The van der Waals surface area contributed by atoms with E-state index in [0.717, 1.165) is 10.6 Å². The number of amides is 1. The molecule has 3 aromatic rings. The average Bonchev–Trinajstić information content (AvgIpc) is 3.04. The third kappa shape index (κ3) is 2.65. The summed E-state index contributed by atoms with van der Waals surface area (Å²) in [5.74, 6) is -0.266. The van der Waals surface area contributed by atoms with Crippen molar-refractivity contribution in [3.8, 4) is 0 Å². The van der Waals surface area contributed by atoms with Gasteiger partial charge in [0.05, 0.1) is 18.0 Å². The van der Waals surface area contributed by atoms with Crippen LogP contribution in [-0.4, -0.2) is 25.6 Å². The molecule has 7 heteroatoms. The molecule has 0 aliphatic heterocycles. The van der Waals surface area contributed by atoms with Gasteiger partial charge in [-0.05, 0) is 26.0 Å². The number of hydrogen-bond acceptors (Lipinski definition) is 5. The van der Waals surface area contributed by atoms with Gasteiger partial charge in [-0.3, -0.25) is 4.79 Å². The molecule has 1 unspecified atom stereocenters. The Hall–Kier alpha value is -2.25. The molecule has 3 rings (SSSR count). The summed E-state index contributed by atoms with van der Waals surface area (Å²) in [5, 5.41) is 18.2. The van der Waals surface area contributed by atoms with Gasteiger partial charge in [0.2, 0.25) is 0 Å². The topological polar surface area (TPSA) is 79.5 Å². The molecular formula is C14H14N4O2S. The van der Waals surface area contributed by atoms with E-state index < -0.39 is 6.10 Å². The maximum absolute atomic E-state index is 12.3. The summed E-state index contributed by atoms with van der Waals surface area (Å²) >= 11 is 1.40. The van der Waals surface area contributed by atoms with E-state index in [9.17, 15) is 9.90 Å². The molecule has 3 aromatic heterocycles. The van der Waals surface area contributed by atoms with E-state index in [4.69, 9.17) is 0 Å². The van der Waals surface area contributed by atoms with E-state index in [-0.39, 0.29) is 5.91 Å². The SMILES string of the molecule is Cc1ccn2ncc(C(=O)Nc3csc(C(C)O)c3)c2n1. The van der Waals surface area contributed by atoms with E-state index in [1.54, 1.807) is 29.1 Å². The van der Waals surface area contributed by atoms with Gasteiger partial charge in [-0.1, -0.05) is 0 Å². The van der Waals surface area contributed by atoms with E-state index in [0.29, 0.717) is 16.9 Å². The van der Waals surface area contributed by atoms with Gasteiger partial charge in [-0.2, -0.15) is 5.10 Å². The number of aliphatic hydroxyl groups is 1. The molecular weight excluding hydrogens is 288 g/mol. The van der Waals surface area contributed by atoms with Crippen molar-refractivity contribution in [2.45, 2.75) is 20.0 Å². The second-order valence-electron chi connectivity index (χ2n) is 4.76. The van der Waals surface area contributed by atoms with Crippen molar-refractivity contribution in [1.82, 2.24) is 14.6 Å². The van der Waals surface area contributed by atoms with E-state index >= 15 is 0 Å². The molecule has 0 spiro atoms. The van der Waals surface area contributed by atoms with Crippen molar-refractivity contribution in [2.75, 3.05) is 5.32 Å². The minimum atomic E-state index is -0.540. The zero-order valence-electron chi connectivity index (χ0n) is 11.6. The first-order chi connectivity index (χ1) is 10.0. The highest BCUT2D eigenvalue weighted by Gasteiger charge is 2.15. The van der Waals surface area contributed by atoms with Gasteiger partial charge < -0.3 is 10.4 Å². The maximum Gasteiger partial charge on any atom is 0.261 e. The molecule has 0 saturated carbocycles. The molecule has 0 bridgehead atoms. The van der Waals surface area contributed by atoms with Crippen LogP contribution < -0.4 is 5.32 Å². The van der Waals surface area contributed by atoms with E-state index in [1.807, 2.05) is 13.0 Å². The third-order valence-electron chi connectivity index (χ3n) is 3.04. The van der Waals surface area contributed by atoms with Gasteiger partial charge in [0.25, 0.3) is 5.91 Å². The molecule has 0 aromatic carbocycles. The first-order valence-corrected chi connectivity index (χ1v) is 7.31. The Bertz CT molecular complexity index is 806. The van der Waals surface area contributed by atoms with Gasteiger partial charge in [-0.25, -0.2) is 9.50 Å². The molecule has 0 saturated heterocycles. The van der Waals surface area contributed by atoms with Crippen LogP contribution in [0.4, 0.5) is 5.69 Å². The summed E-state index contributed by atoms with van der Waals surface area (Å²) < 4.78 is 1.57. The molecule has 3 heterocycles. The lowest BCUT2D eigenvalue weighted by molar-refractivity contribution is 0.102. The average molecular weight is 302 g/mol. The quantitative estimate of drug-likeness (QED) is 0.778. The number of carbonyl (C=O) groups is 1. The van der Waals surface area contributed by atoms with Crippen LogP contribution in [0.1, 0.15) is 34.0 Å². The Kier molecular flexibility index (Phi) is 3.44. The van der Waals surface area contributed by atoms with Crippen LogP contribution in [0.25, 0.3) is 5.65 Å². The Labute approximate surface area is 125 Å². The lowest BCUT2D eigenvalue weighted by Gasteiger charge is -2.02. The molecule has 21 heavy (non-hydrogen) atoms. The van der Waals surface area contributed by atoms with Crippen LogP contribution in [0.2, 0.25) is 0 Å². The Morgan fingerprint density at radius 2 is 2.33 bits per heavy atom. The highest BCUT2D eigenvalue weighted by Crippen LogP contribution is 2.25. The smallest absolute Gasteiger partial charge is 0.261 e. The van der Waals surface area contributed by atoms with Crippen molar-refractivity contribution < 1.29 is 9.90 Å². The number of carbonyl (C=O) groups excluding carboxylic acids is 1. The predicted octanol–water partition coefficient (Wildman–Crippen LogP) is 2.40. The molecule has 2 N–H and O–H groups in total. The monoisotopic (exact) mass is 302 g/mol. The molecule has 1 atom stereocenters. The molecule has 0 aliphatic carbocycles. The maximum atomic E-state index is 12.3. The van der Waals surface area contributed by atoms with Gasteiger partial charge in [0.1, 0.15) is 5.56 Å². The van der Waals surface area contributed by atoms with Crippen molar-refractivity contribution in [1.29, 1.82) is 0 Å². The normalized spacial score (nSPS) is 12.5. The number of rotatable bonds is 3. The van der Waals surface area contributed by atoms with Crippen LogP contribution >= 0.6 is 11.3 Å². The zero-order valence-corrected chi connectivity index (χ0v) is 12.4. The fraction of sp³-hybridized carbons (Fsp3) is 0.214. The number of aromatic nitrogens is 3. The van der Waals surface area contributed by atoms with Crippen molar-refractivity contribution in [3.05, 3.63) is 46.0 Å². The number of hydrogen-bond donors (Lipinski definition) is 2.